The number of aliphatic carboxylic acids is 1. The Morgan fingerprint density at radius 3 is 1.80 bits per heavy atom. The molecule has 7 N–H and O–H groups in total. The molecule has 1 heterocycles. The molecule has 13 atom stereocenters. The maximum atomic E-state index is 15.0. The third-order valence-electron chi connectivity index (χ3n) is 18.0. The lowest BCUT2D eigenvalue weighted by Gasteiger charge is -2.43. The molecule has 1 saturated heterocycles. The van der Waals surface area contributed by atoms with Gasteiger partial charge in [-0.05, 0) is 80.0 Å². The van der Waals surface area contributed by atoms with Crippen LogP contribution in [0.3, 0.4) is 0 Å². The Bertz CT molecular complexity index is 2880. The summed E-state index contributed by atoms with van der Waals surface area (Å²) >= 11 is 0. The van der Waals surface area contributed by atoms with Crippen molar-refractivity contribution in [2.45, 2.75) is 215 Å². The van der Waals surface area contributed by atoms with Gasteiger partial charge in [-0.3, -0.25) is 52.8 Å². The van der Waals surface area contributed by atoms with E-state index in [1.807, 2.05) is 45.9 Å². The van der Waals surface area contributed by atoms with Gasteiger partial charge in [-0.15, -0.1) is 0 Å². The predicted octanol–water partition coefficient (Wildman–Crippen LogP) is 5.88. The highest BCUT2D eigenvalue weighted by Crippen LogP contribution is 2.31. The van der Waals surface area contributed by atoms with Crippen LogP contribution in [-0.2, 0) is 73.5 Å². The zero-order chi connectivity index (χ0) is 72.4. The first kappa shape index (κ1) is 82.7. The van der Waals surface area contributed by atoms with Crippen molar-refractivity contribution in [1.29, 1.82) is 0 Å². The molecule has 2 aromatic rings. The maximum Gasteiger partial charge on any atom is 0.410 e. The number of likely N-dealkylation sites (tertiary alicyclic amines) is 1. The Balaban J connectivity index is 1.66. The summed E-state index contributed by atoms with van der Waals surface area (Å²) in [6, 6.07) is 8.00. The minimum Gasteiger partial charge on any atom is -0.481 e. The molecule has 1 aliphatic heterocycles. The summed E-state index contributed by atoms with van der Waals surface area (Å²) in [5.41, 5.74) is 1.52. The van der Waals surface area contributed by atoms with E-state index in [-0.39, 0.29) is 74.9 Å². The molecular weight excluding hydrogens is 1240 g/mol. The molecule has 0 bridgehead atoms. The number of likely N-dealkylation sites (N-methyl/N-ethyl adjacent to an activating group) is 3. The molecule has 0 saturated carbocycles. The highest BCUT2D eigenvalue weighted by Gasteiger charge is 2.45. The zero-order valence-electron chi connectivity index (χ0n) is 59.8. The average molecular weight is 1350 g/mol. The molecule has 3 rings (SSSR count). The molecule has 538 valence electrons. The SMILES string of the molecule is CC[C@H](C)[C@@H]([C@@H](CC(=O)N1CCC[C@H]1[C@H](OC)[C@@H](C)C(=O)N[C@H](C)[C@@H](O)c1ccccc1)OC)N(C)C(=O)[C@H](C(C)C)N(C)C(=O)[C@H](C(C)C)N(C)C(=O)OCc1ccc(NC(=O)[C@H](C)NC(=O)[C@@H](NC(=O)[C@H](CCC(=O)O)NC(=O)CCOCCC(=O)C(C)C)C(C)C)cc1. The number of carboxylic acid groups (broad SMARTS) is 1. The highest BCUT2D eigenvalue weighted by atomic mass is 16.6. The lowest BCUT2D eigenvalue weighted by Crippen LogP contribution is -2.60. The lowest BCUT2D eigenvalue weighted by molar-refractivity contribution is -0.154. The number of aliphatic hydroxyl groups is 1. The van der Waals surface area contributed by atoms with Gasteiger partial charge >= 0.3 is 12.1 Å². The van der Waals surface area contributed by atoms with Crippen LogP contribution < -0.4 is 26.6 Å². The van der Waals surface area contributed by atoms with E-state index in [9.17, 15) is 58.2 Å². The summed E-state index contributed by atoms with van der Waals surface area (Å²) in [6.45, 7) is 23.2. The number of anilines is 1. The average Bonchev–Trinajstić information content (AvgIpc) is 1.65. The van der Waals surface area contributed by atoms with Crippen molar-refractivity contribution in [2.75, 3.05) is 60.4 Å². The van der Waals surface area contributed by atoms with Gasteiger partial charge < -0.3 is 70.4 Å². The van der Waals surface area contributed by atoms with Crippen LogP contribution in [-0.4, -0.2) is 211 Å². The van der Waals surface area contributed by atoms with Gasteiger partial charge in [-0.1, -0.05) is 125 Å². The Labute approximate surface area is 567 Å². The summed E-state index contributed by atoms with van der Waals surface area (Å²) in [7, 11) is 7.64. The van der Waals surface area contributed by atoms with E-state index >= 15 is 4.79 Å². The number of rotatable bonds is 40. The molecule has 0 spiro atoms. The number of ketones is 1. The molecule has 1 aliphatic rings. The quantitative estimate of drug-likeness (QED) is 0.0383. The number of aliphatic hydroxyl groups excluding tert-OH is 1. The second-order valence-electron chi connectivity index (χ2n) is 26.7. The van der Waals surface area contributed by atoms with Crippen LogP contribution in [0.1, 0.15) is 159 Å². The van der Waals surface area contributed by atoms with E-state index in [1.165, 1.54) is 45.0 Å². The van der Waals surface area contributed by atoms with Gasteiger partial charge in [0.1, 0.15) is 42.6 Å². The second-order valence-corrected chi connectivity index (χ2v) is 26.7. The van der Waals surface area contributed by atoms with Crippen molar-refractivity contribution < 1.29 is 81.9 Å². The lowest BCUT2D eigenvalue weighted by atomic mass is 9.89. The molecule has 26 nitrogen and oxygen atoms in total. The summed E-state index contributed by atoms with van der Waals surface area (Å²) in [4.78, 5) is 154. The minimum atomic E-state index is -1.31. The van der Waals surface area contributed by atoms with Crippen LogP contribution >= 0.6 is 0 Å². The fraction of sp³-hybridized carbons (Fsp3) is 0.671. The van der Waals surface area contributed by atoms with Crippen LogP contribution in [0.25, 0.3) is 0 Å². The molecule has 2 aromatic carbocycles. The van der Waals surface area contributed by atoms with Gasteiger partial charge in [0.05, 0.1) is 62.0 Å². The van der Waals surface area contributed by atoms with Crippen molar-refractivity contribution in [2.24, 2.45) is 35.5 Å². The number of carbonyl (C=O) groups excluding carboxylic acids is 10. The third kappa shape index (κ3) is 24.5. The predicted molar refractivity (Wildman–Crippen MR) is 361 cm³/mol. The molecule has 9 amide bonds. The Hall–Kier alpha value is -7.55. The number of Topliss-reactive ketones (excluding diaryl/α,β-unsaturated/α-hetero) is 1. The summed E-state index contributed by atoms with van der Waals surface area (Å²) in [5, 5.41) is 33.7. The molecule has 0 unspecified atom stereocenters. The largest absolute Gasteiger partial charge is 0.481 e. The van der Waals surface area contributed by atoms with E-state index in [0.29, 0.717) is 42.6 Å². The van der Waals surface area contributed by atoms with Crippen LogP contribution in [0.4, 0.5) is 10.5 Å². The summed E-state index contributed by atoms with van der Waals surface area (Å²) in [6.07, 6.45) is -2.14. The monoisotopic (exact) mass is 1350 g/mol. The topological polar surface area (TPSA) is 338 Å². The van der Waals surface area contributed by atoms with Crippen molar-refractivity contribution >= 4 is 70.8 Å². The van der Waals surface area contributed by atoms with E-state index in [4.69, 9.17) is 18.9 Å². The third-order valence-corrected chi connectivity index (χ3v) is 18.0. The number of nitrogens with one attached hydrogen (secondary N) is 5. The van der Waals surface area contributed by atoms with Crippen LogP contribution in [0, 0.1) is 35.5 Å². The maximum absolute atomic E-state index is 15.0. The first-order valence-electron chi connectivity index (χ1n) is 33.6. The van der Waals surface area contributed by atoms with Crippen LogP contribution in [0.2, 0.25) is 0 Å². The van der Waals surface area contributed by atoms with Crippen LogP contribution in [0.15, 0.2) is 54.6 Å². The molecule has 0 aliphatic carbocycles. The Morgan fingerprint density at radius 2 is 1.25 bits per heavy atom. The van der Waals surface area contributed by atoms with E-state index in [1.54, 1.807) is 109 Å². The van der Waals surface area contributed by atoms with Gasteiger partial charge in [0.15, 0.2) is 0 Å². The number of hydrogen-bond donors (Lipinski definition) is 7. The number of ether oxygens (including phenoxy) is 4. The van der Waals surface area contributed by atoms with Gasteiger partial charge in [0.25, 0.3) is 0 Å². The number of carbonyl (C=O) groups is 11. The number of carboxylic acids is 1. The standard InChI is InChI=1S/C70H111N9O17/c1-19-44(10)61(54(93-17)38-56(82)79-35-23-26-52(79)63(94-18)45(11)64(86)71-46(12)62(85)49-24-21-20-22-25-49)77(15)68(90)59(42(6)7)76(14)69(91)60(43(8)9)78(16)70(92)96-39-48-27-29-50(30-28-48)73-65(87)47(13)72-67(89)58(41(4)5)75-66(88)51(31-32-57(83)84)74-55(81)34-37-95-36-33-53(80)40(2)3/h20-22,24-25,27-30,40-47,51-52,54,58-63,85H,19,23,26,31-39H2,1-18H3,(H,71,86)(H,72,89)(H,73,87)(H,74,81)(H,75,88)(H,83,84)/t44-,45+,46+,47-,51-,52-,54+,58-,59-,60-,61-,62+,63+/m0/s1. The van der Waals surface area contributed by atoms with E-state index in [0.717, 1.165) is 0 Å². The first-order chi connectivity index (χ1) is 45.1. The molecule has 1 fully saturated rings. The fourth-order valence-corrected chi connectivity index (χ4v) is 12.0. The van der Waals surface area contributed by atoms with Crippen LogP contribution in [0.5, 0.6) is 0 Å². The first-order valence-corrected chi connectivity index (χ1v) is 33.6. The molecular formula is C70H111N9O17. The van der Waals surface area contributed by atoms with Gasteiger partial charge in [-0.25, -0.2) is 4.79 Å². The highest BCUT2D eigenvalue weighted by molar-refractivity contribution is 5.99. The van der Waals surface area contributed by atoms with Gasteiger partial charge in [-0.2, -0.15) is 0 Å². The van der Waals surface area contributed by atoms with Gasteiger partial charge in [0.2, 0.25) is 47.3 Å². The van der Waals surface area contributed by atoms with E-state index < -0.39 is 144 Å². The molecule has 0 radical (unpaired) electrons. The number of hydrogen-bond acceptors (Lipinski definition) is 16. The smallest absolute Gasteiger partial charge is 0.410 e. The number of amides is 9. The van der Waals surface area contributed by atoms with Crippen molar-refractivity contribution in [1.82, 2.24) is 40.9 Å². The number of benzene rings is 2. The second kappa shape index (κ2) is 40.2. The summed E-state index contributed by atoms with van der Waals surface area (Å²) < 4.78 is 23.2. The molecule has 96 heavy (non-hydrogen) atoms. The fourth-order valence-electron chi connectivity index (χ4n) is 12.0. The molecule has 0 aromatic heterocycles. The van der Waals surface area contributed by atoms with Crippen molar-refractivity contribution in [3.63, 3.8) is 0 Å². The van der Waals surface area contributed by atoms with E-state index in [2.05, 4.69) is 26.6 Å². The molecule has 26 heteroatoms. The Morgan fingerprint density at radius 1 is 0.656 bits per heavy atom. The minimum absolute atomic E-state index is 0.00788. The summed E-state index contributed by atoms with van der Waals surface area (Å²) in [5.74, 6) is -7.79. The normalized spacial score (nSPS) is 16.9. The van der Waals surface area contributed by atoms with Crippen molar-refractivity contribution in [3.05, 3.63) is 65.7 Å². The Kier molecular flexibility index (Phi) is 34.7. The van der Waals surface area contributed by atoms with Gasteiger partial charge in [0, 0.05) is 72.8 Å². The number of nitrogens with zero attached hydrogens (tertiary/aromatic N) is 4. The van der Waals surface area contributed by atoms with Crippen molar-refractivity contribution in [3.8, 4) is 0 Å². The number of methoxy groups -OCH3 is 2. The zero-order valence-corrected chi connectivity index (χ0v) is 59.8.